The number of likely N-dealkylation sites (tertiary alicyclic amines) is 1. The first-order valence-corrected chi connectivity index (χ1v) is 11.5. The first-order valence-electron chi connectivity index (χ1n) is 9.06. The van der Waals surface area contributed by atoms with Gasteiger partial charge in [-0.3, -0.25) is 9.69 Å². The summed E-state index contributed by atoms with van der Waals surface area (Å²) in [5.41, 5.74) is 1.18. The van der Waals surface area contributed by atoms with Crippen molar-refractivity contribution >= 4 is 49.0 Å². The van der Waals surface area contributed by atoms with E-state index in [1.54, 1.807) is 0 Å². The van der Waals surface area contributed by atoms with Crippen LogP contribution in [0.15, 0.2) is 38.6 Å². The third-order valence-electron chi connectivity index (χ3n) is 4.59. The Kier molecular flexibility index (Phi) is 7.87. The summed E-state index contributed by atoms with van der Waals surface area (Å²) < 4.78 is 20.9. The fraction of sp³-hybridized carbons (Fsp3) is 0.450. The van der Waals surface area contributed by atoms with Crippen LogP contribution in [-0.4, -0.2) is 43.1 Å². The predicted molar refractivity (Wildman–Crippen MR) is 115 cm³/mol. The molecule has 3 rings (SSSR count). The van der Waals surface area contributed by atoms with E-state index in [-0.39, 0.29) is 5.78 Å². The van der Waals surface area contributed by atoms with Gasteiger partial charge in [-0.15, -0.1) is 11.3 Å². The second-order valence-electron chi connectivity index (χ2n) is 6.71. The van der Waals surface area contributed by atoms with Crippen molar-refractivity contribution in [1.29, 1.82) is 0 Å². The lowest BCUT2D eigenvalue weighted by atomic mass is 10.1. The molecule has 0 radical (unpaired) electrons. The van der Waals surface area contributed by atoms with E-state index in [4.69, 9.17) is 4.74 Å². The largest absolute Gasteiger partial charge is 0.491 e. The molecule has 1 fully saturated rings. The molecule has 146 valence electrons. The summed E-state index contributed by atoms with van der Waals surface area (Å²) in [6, 6.07) is 7.93. The molecule has 2 aromatic rings. The van der Waals surface area contributed by atoms with E-state index in [0.717, 1.165) is 45.5 Å². The summed E-state index contributed by atoms with van der Waals surface area (Å²) in [6.07, 6.45) is 2.16. The zero-order valence-electron chi connectivity index (χ0n) is 14.9. The number of aryl methyl sites for hydroxylation is 1. The van der Waals surface area contributed by atoms with Crippen LogP contribution >= 0.6 is 43.2 Å². The molecule has 7 heteroatoms. The fourth-order valence-corrected chi connectivity index (χ4v) is 5.06. The number of rotatable bonds is 9. The van der Waals surface area contributed by atoms with Crippen molar-refractivity contribution in [2.75, 3.05) is 26.2 Å². The molecule has 0 N–H and O–H groups in total. The number of thiophene rings is 1. The highest BCUT2D eigenvalue weighted by molar-refractivity contribution is 9.10. The molecule has 0 amide bonds. The average Bonchev–Trinajstić information content (AvgIpc) is 3.25. The van der Waals surface area contributed by atoms with E-state index in [9.17, 15) is 9.18 Å². The molecule has 2 heterocycles. The number of alkyl halides is 1. The maximum Gasteiger partial charge on any atom is 0.172 e. The summed E-state index contributed by atoms with van der Waals surface area (Å²) in [5.74, 6) is 0.997. The van der Waals surface area contributed by atoms with Gasteiger partial charge in [0, 0.05) is 35.9 Å². The topological polar surface area (TPSA) is 29.5 Å². The van der Waals surface area contributed by atoms with Crippen LogP contribution in [0.4, 0.5) is 4.39 Å². The number of hydrogen-bond donors (Lipinski definition) is 0. The Morgan fingerprint density at radius 3 is 2.85 bits per heavy atom. The number of halogens is 3. The molecule has 27 heavy (non-hydrogen) atoms. The molecule has 0 spiro atoms. The monoisotopic (exact) mass is 517 g/mol. The van der Waals surface area contributed by atoms with Gasteiger partial charge in [0.2, 0.25) is 0 Å². The smallest absolute Gasteiger partial charge is 0.172 e. The van der Waals surface area contributed by atoms with Gasteiger partial charge in [0.1, 0.15) is 18.5 Å². The molecule has 0 aliphatic carbocycles. The van der Waals surface area contributed by atoms with E-state index in [0.29, 0.717) is 26.0 Å². The van der Waals surface area contributed by atoms with Gasteiger partial charge in [0.25, 0.3) is 0 Å². The van der Waals surface area contributed by atoms with Crippen LogP contribution in [0.3, 0.4) is 0 Å². The lowest BCUT2D eigenvalue weighted by molar-refractivity contribution is 0.0984. The molecular weight excluding hydrogens is 497 g/mol. The summed E-state index contributed by atoms with van der Waals surface area (Å²) in [6.45, 7) is 2.63. The zero-order chi connectivity index (χ0) is 19.2. The van der Waals surface area contributed by atoms with Crippen LogP contribution in [0, 0.1) is 0 Å². The van der Waals surface area contributed by atoms with E-state index >= 15 is 0 Å². The second kappa shape index (κ2) is 10.1. The highest BCUT2D eigenvalue weighted by Crippen LogP contribution is 2.27. The molecule has 1 unspecified atom stereocenters. The minimum Gasteiger partial charge on any atom is -0.491 e. The Balaban J connectivity index is 1.41. The lowest BCUT2D eigenvalue weighted by Gasteiger charge is -2.16. The summed E-state index contributed by atoms with van der Waals surface area (Å²) in [4.78, 5) is 15.1. The van der Waals surface area contributed by atoms with Crippen LogP contribution in [-0.2, 0) is 6.42 Å². The van der Waals surface area contributed by atoms with Crippen LogP contribution in [0.5, 0.6) is 5.75 Å². The van der Waals surface area contributed by atoms with Gasteiger partial charge >= 0.3 is 0 Å². The van der Waals surface area contributed by atoms with E-state index in [1.165, 1.54) is 16.9 Å². The Morgan fingerprint density at radius 1 is 1.33 bits per heavy atom. The van der Waals surface area contributed by atoms with Crippen molar-refractivity contribution in [3.63, 3.8) is 0 Å². The van der Waals surface area contributed by atoms with Crippen molar-refractivity contribution in [3.8, 4) is 5.75 Å². The van der Waals surface area contributed by atoms with Crippen molar-refractivity contribution in [2.24, 2.45) is 0 Å². The highest BCUT2D eigenvalue weighted by atomic mass is 79.9. The molecule has 1 saturated heterocycles. The van der Waals surface area contributed by atoms with Crippen LogP contribution < -0.4 is 4.74 Å². The van der Waals surface area contributed by atoms with Crippen molar-refractivity contribution < 1.29 is 13.9 Å². The molecule has 0 saturated carbocycles. The van der Waals surface area contributed by atoms with Gasteiger partial charge in [-0.25, -0.2) is 4.39 Å². The third-order valence-corrected chi connectivity index (χ3v) is 6.94. The van der Waals surface area contributed by atoms with Gasteiger partial charge in [0.15, 0.2) is 5.78 Å². The number of carbonyl (C=O) groups is 1. The molecular formula is C20H22Br2FNO2S. The van der Waals surface area contributed by atoms with E-state index < -0.39 is 6.17 Å². The zero-order valence-corrected chi connectivity index (χ0v) is 18.9. The molecule has 1 aromatic heterocycles. The second-order valence-corrected chi connectivity index (χ2v) is 9.39. The first-order chi connectivity index (χ1) is 13.0. The Morgan fingerprint density at radius 2 is 2.19 bits per heavy atom. The SMILES string of the molecule is O=C(CCCc1ccc(OCCN2CCC(F)C2)c(Br)c1)c1cc(Br)cs1. The normalized spacial score (nSPS) is 17.4. The molecule has 1 aliphatic heterocycles. The predicted octanol–water partition coefficient (Wildman–Crippen LogP) is 5.90. The van der Waals surface area contributed by atoms with Gasteiger partial charge in [0.05, 0.1) is 9.35 Å². The number of ether oxygens (including phenoxy) is 1. The number of ketones is 1. The number of benzene rings is 1. The van der Waals surface area contributed by atoms with E-state index in [2.05, 4.69) is 42.8 Å². The third kappa shape index (κ3) is 6.38. The van der Waals surface area contributed by atoms with Crippen LogP contribution in [0.25, 0.3) is 0 Å². The summed E-state index contributed by atoms with van der Waals surface area (Å²) in [7, 11) is 0. The maximum absolute atomic E-state index is 13.2. The Hall–Kier alpha value is -0.760. The van der Waals surface area contributed by atoms with Crippen molar-refractivity contribution in [1.82, 2.24) is 4.90 Å². The molecule has 1 aliphatic rings. The summed E-state index contributed by atoms with van der Waals surface area (Å²) in [5, 5.41) is 1.93. The number of carbonyl (C=O) groups excluding carboxylic acids is 1. The maximum atomic E-state index is 13.2. The van der Waals surface area contributed by atoms with Crippen LogP contribution in [0.2, 0.25) is 0 Å². The number of Topliss-reactive ketones (excluding diaryl/α,β-unsaturated/α-hetero) is 1. The highest BCUT2D eigenvalue weighted by Gasteiger charge is 2.21. The van der Waals surface area contributed by atoms with Crippen LogP contribution in [0.1, 0.15) is 34.5 Å². The number of nitrogens with zero attached hydrogens (tertiary/aromatic N) is 1. The quantitative estimate of drug-likeness (QED) is 0.387. The standard InChI is InChI=1S/C20H22Br2FNO2S/c21-15-11-20(27-13-15)18(25)3-1-2-14-4-5-19(17(22)10-14)26-9-8-24-7-6-16(23)12-24/h4-5,10-11,13,16H,1-3,6-9,12H2. The molecule has 1 atom stereocenters. The molecule has 0 bridgehead atoms. The number of hydrogen-bond acceptors (Lipinski definition) is 4. The van der Waals surface area contributed by atoms with Gasteiger partial charge in [-0.05, 0) is 74.9 Å². The van der Waals surface area contributed by atoms with Crippen molar-refractivity contribution in [2.45, 2.75) is 31.9 Å². The minimum absolute atomic E-state index is 0.196. The van der Waals surface area contributed by atoms with Gasteiger partial charge in [-0.1, -0.05) is 6.07 Å². The first kappa shape index (κ1) is 21.0. The lowest BCUT2D eigenvalue weighted by Crippen LogP contribution is -2.26. The van der Waals surface area contributed by atoms with E-state index in [1.807, 2.05) is 23.6 Å². The van der Waals surface area contributed by atoms with Gasteiger partial charge < -0.3 is 4.74 Å². The molecule has 1 aromatic carbocycles. The molecule has 3 nitrogen and oxygen atoms in total. The van der Waals surface area contributed by atoms with Crippen molar-refractivity contribution in [3.05, 3.63) is 49.0 Å². The average molecular weight is 519 g/mol. The Bertz CT molecular complexity index is 783. The summed E-state index contributed by atoms with van der Waals surface area (Å²) >= 11 is 8.42. The van der Waals surface area contributed by atoms with Gasteiger partial charge in [-0.2, -0.15) is 0 Å². The minimum atomic E-state index is -0.691. The Labute approximate surface area is 180 Å². The fourth-order valence-electron chi connectivity index (χ4n) is 3.13.